The van der Waals surface area contributed by atoms with Crippen molar-refractivity contribution >= 4 is 11.3 Å². The number of nitrogens with one attached hydrogen (secondary N) is 1. The van der Waals surface area contributed by atoms with Gasteiger partial charge in [-0.1, -0.05) is 0 Å². The van der Waals surface area contributed by atoms with E-state index in [4.69, 9.17) is 5.84 Å². The summed E-state index contributed by atoms with van der Waals surface area (Å²) in [5.74, 6) is 6.50. The van der Waals surface area contributed by atoms with Gasteiger partial charge in [0.2, 0.25) is 0 Å². The molecule has 2 aliphatic heterocycles. The molecule has 18 heavy (non-hydrogen) atoms. The summed E-state index contributed by atoms with van der Waals surface area (Å²) in [6, 6.07) is 1.97. The fraction of sp³-hybridized carbons (Fsp3) is 0.769. The lowest BCUT2D eigenvalue weighted by Crippen LogP contribution is -2.49. The lowest BCUT2D eigenvalue weighted by Gasteiger charge is -2.39. The van der Waals surface area contributed by atoms with Crippen LogP contribution in [-0.2, 0) is 6.42 Å². The van der Waals surface area contributed by atoms with Crippen LogP contribution in [0.5, 0.6) is 0 Å². The van der Waals surface area contributed by atoms with Gasteiger partial charge in [-0.25, -0.2) is 0 Å². The zero-order valence-electron chi connectivity index (χ0n) is 10.9. The van der Waals surface area contributed by atoms with Gasteiger partial charge in [0.15, 0.2) is 0 Å². The van der Waals surface area contributed by atoms with Crippen LogP contribution in [0.1, 0.15) is 30.6 Å². The number of hydrazine groups is 1. The quantitative estimate of drug-likeness (QED) is 0.639. The molecule has 3 rings (SSSR count). The molecule has 1 aromatic rings. The minimum Gasteiger partial charge on any atom is -0.300 e. The smallest absolute Gasteiger partial charge is 0.0794 e. The van der Waals surface area contributed by atoms with Crippen molar-refractivity contribution in [2.45, 2.75) is 50.2 Å². The molecule has 0 spiro atoms. The number of hydrogen-bond donors (Lipinski definition) is 2. The first-order valence-electron chi connectivity index (χ1n) is 6.83. The maximum absolute atomic E-state index is 5.79. The van der Waals surface area contributed by atoms with Crippen molar-refractivity contribution in [1.29, 1.82) is 0 Å². The third-order valence-electron chi connectivity index (χ3n) is 4.82. The van der Waals surface area contributed by atoms with E-state index >= 15 is 0 Å². The van der Waals surface area contributed by atoms with E-state index in [-0.39, 0.29) is 0 Å². The van der Waals surface area contributed by atoms with E-state index in [9.17, 15) is 0 Å². The molecule has 0 saturated carbocycles. The summed E-state index contributed by atoms with van der Waals surface area (Å²) in [7, 11) is 2.28. The van der Waals surface area contributed by atoms with Gasteiger partial charge in [0, 0.05) is 35.6 Å². The Balaban J connectivity index is 1.66. The Kier molecular flexibility index (Phi) is 3.66. The standard InChI is InChI=1S/C13H22N4S/c1-17-10-2-3-11(17)5-9(4-10)13(16-14)6-12-7-15-8-18-12/h7-11,13,16H,2-6,14H2,1H3. The molecule has 100 valence electrons. The van der Waals surface area contributed by atoms with E-state index in [2.05, 4.69) is 22.4 Å². The predicted octanol–water partition coefficient (Wildman–Crippen LogP) is 1.39. The van der Waals surface area contributed by atoms with E-state index in [1.54, 1.807) is 11.3 Å². The number of thiazole rings is 1. The summed E-state index contributed by atoms with van der Waals surface area (Å²) in [5, 5.41) is 0. The molecule has 2 bridgehead atoms. The summed E-state index contributed by atoms with van der Waals surface area (Å²) in [6.07, 6.45) is 8.32. The molecule has 0 aromatic carbocycles. The average molecular weight is 266 g/mol. The number of hydrogen-bond acceptors (Lipinski definition) is 5. The zero-order chi connectivity index (χ0) is 12.5. The Morgan fingerprint density at radius 3 is 2.78 bits per heavy atom. The minimum absolute atomic E-state index is 0.405. The van der Waals surface area contributed by atoms with Gasteiger partial charge in [0.1, 0.15) is 0 Å². The van der Waals surface area contributed by atoms with E-state index in [0.29, 0.717) is 12.0 Å². The molecule has 3 atom stereocenters. The van der Waals surface area contributed by atoms with Crippen LogP contribution in [-0.4, -0.2) is 35.1 Å². The number of aromatic nitrogens is 1. The second-order valence-electron chi connectivity index (χ2n) is 5.73. The third-order valence-corrected chi connectivity index (χ3v) is 5.62. The monoisotopic (exact) mass is 266 g/mol. The Hall–Kier alpha value is -0.490. The lowest BCUT2D eigenvalue weighted by molar-refractivity contribution is 0.112. The van der Waals surface area contributed by atoms with Crippen LogP contribution in [0, 0.1) is 5.92 Å². The zero-order valence-corrected chi connectivity index (χ0v) is 11.7. The van der Waals surface area contributed by atoms with Crippen LogP contribution < -0.4 is 11.3 Å². The number of nitrogens with zero attached hydrogens (tertiary/aromatic N) is 2. The van der Waals surface area contributed by atoms with E-state index in [0.717, 1.165) is 18.5 Å². The molecule has 5 heteroatoms. The Bertz CT molecular complexity index is 366. The summed E-state index contributed by atoms with van der Waals surface area (Å²) in [5.41, 5.74) is 4.96. The summed E-state index contributed by atoms with van der Waals surface area (Å²) in [6.45, 7) is 0. The molecule has 1 aromatic heterocycles. The van der Waals surface area contributed by atoms with Crippen molar-refractivity contribution in [2.24, 2.45) is 11.8 Å². The fourth-order valence-corrected chi connectivity index (χ4v) is 4.36. The van der Waals surface area contributed by atoms with Gasteiger partial charge >= 0.3 is 0 Å². The third kappa shape index (κ3) is 2.32. The second kappa shape index (κ2) is 5.25. The van der Waals surface area contributed by atoms with Gasteiger partial charge in [0.25, 0.3) is 0 Å². The maximum Gasteiger partial charge on any atom is 0.0794 e. The highest BCUT2D eigenvalue weighted by Crippen LogP contribution is 2.39. The van der Waals surface area contributed by atoms with Crippen LogP contribution >= 0.6 is 11.3 Å². The number of piperidine rings is 1. The Morgan fingerprint density at radius 2 is 2.22 bits per heavy atom. The molecule has 3 heterocycles. The van der Waals surface area contributed by atoms with E-state index < -0.39 is 0 Å². The fourth-order valence-electron chi connectivity index (χ4n) is 3.70. The van der Waals surface area contributed by atoms with E-state index in [1.165, 1.54) is 30.6 Å². The minimum atomic E-state index is 0.405. The van der Waals surface area contributed by atoms with Crippen molar-refractivity contribution in [2.75, 3.05) is 7.05 Å². The van der Waals surface area contributed by atoms with Crippen LogP contribution in [0.3, 0.4) is 0 Å². The van der Waals surface area contributed by atoms with Crippen LogP contribution in [0.4, 0.5) is 0 Å². The number of fused-ring (bicyclic) bond motifs is 2. The summed E-state index contributed by atoms with van der Waals surface area (Å²) >= 11 is 1.73. The molecular weight excluding hydrogens is 244 g/mol. The highest BCUT2D eigenvalue weighted by molar-refractivity contribution is 7.09. The van der Waals surface area contributed by atoms with Gasteiger partial charge in [-0.05, 0) is 38.6 Å². The first-order valence-corrected chi connectivity index (χ1v) is 7.71. The molecular formula is C13H22N4S. The summed E-state index contributed by atoms with van der Waals surface area (Å²) < 4.78 is 0. The van der Waals surface area contributed by atoms with Crippen molar-refractivity contribution in [3.05, 3.63) is 16.6 Å². The van der Waals surface area contributed by atoms with Gasteiger partial charge in [-0.15, -0.1) is 11.3 Å². The average Bonchev–Trinajstić information content (AvgIpc) is 2.93. The SMILES string of the molecule is CN1C2CCC1CC(C(Cc1cncs1)NN)C2. The first kappa shape index (κ1) is 12.5. The van der Waals surface area contributed by atoms with E-state index in [1.807, 2.05) is 11.7 Å². The maximum atomic E-state index is 5.79. The van der Waals surface area contributed by atoms with Crippen molar-refractivity contribution in [1.82, 2.24) is 15.3 Å². The van der Waals surface area contributed by atoms with Crippen molar-refractivity contribution < 1.29 is 0 Å². The Morgan fingerprint density at radius 1 is 1.50 bits per heavy atom. The Labute approximate surface area is 113 Å². The van der Waals surface area contributed by atoms with Crippen LogP contribution in [0.25, 0.3) is 0 Å². The lowest BCUT2D eigenvalue weighted by atomic mass is 9.84. The van der Waals surface area contributed by atoms with Crippen LogP contribution in [0.15, 0.2) is 11.7 Å². The first-order chi connectivity index (χ1) is 8.78. The number of nitrogens with two attached hydrogens (primary N) is 1. The molecule has 2 fully saturated rings. The van der Waals surface area contributed by atoms with Crippen molar-refractivity contribution in [3.63, 3.8) is 0 Å². The van der Waals surface area contributed by atoms with Gasteiger partial charge in [0.05, 0.1) is 5.51 Å². The van der Waals surface area contributed by atoms with Gasteiger partial charge < -0.3 is 4.90 Å². The largest absolute Gasteiger partial charge is 0.300 e. The van der Waals surface area contributed by atoms with Gasteiger partial charge in [-0.3, -0.25) is 16.3 Å². The molecule has 0 aliphatic carbocycles. The van der Waals surface area contributed by atoms with Crippen LogP contribution in [0.2, 0.25) is 0 Å². The molecule has 0 radical (unpaired) electrons. The molecule has 0 amide bonds. The highest BCUT2D eigenvalue weighted by atomic mass is 32.1. The predicted molar refractivity (Wildman–Crippen MR) is 74.2 cm³/mol. The molecule has 3 N–H and O–H groups in total. The molecule has 2 aliphatic rings. The molecule has 4 nitrogen and oxygen atoms in total. The summed E-state index contributed by atoms with van der Waals surface area (Å²) in [4.78, 5) is 8.07. The second-order valence-corrected chi connectivity index (χ2v) is 6.70. The van der Waals surface area contributed by atoms with Gasteiger partial charge in [-0.2, -0.15) is 0 Å². The van der Waals surface area contributed by atoms with Crippen molar-refractivity contribution in [3.8, 4) is 0 Å². The highest BCUT2D eigenvalue weighted by Gasteiger charge is 2.40. The normalized spacial score (nSPS) is 33.8. The molecule has 3 unspecified atom stereocenters. The topological polar surface area (TPSA) is 54.2 Å². The molecule has 2 saturated heterocycles. The number of rotatable bonds is 4.